The molecule has 1 aromatic carbocycles. The molecule has 6 heteroatoms. The van der Waals surface area contributed by atoms with Crippen LogP contribution in [-0.4, -0.2) is 62.3 Å². The second-order valence-corrected chi connectivity index (χ2v) is 7.87. The minimum absolute atomic E-state index is 0.512. The van der Waals surface area contributed by atoms with Gasteiger partial charge in [0, 0.05) is 51.0 Å². The Bertz CT molecular complexity index is 885. The van der Waals surface area contributed by atoms with Crippen molar-refractivity contribution in [2.24, 2.45) is 0 Å². The molecule has 1 atom stereocenters. The summed E-state index contributed by atoms with van der Waals surface area (Å²) in [5, 5.41) is 9.49. The number of ether oxygens (including phenoxy) is 1. The zero-order valence-corrected chi connectivity index (χ0v) is 17.3. The van der Waals surface area contributed by atoms with Crippen LogP contribution in [0.3, 0.4) is 0 Å². The van der Waals surface area contributed by atoms with Crippen molar-refractivity contribution in [2.45, 2.75) is 25.8 Å². The fourth-order valence-corrected chi connectivity index (χ4v) is 4.54. The molecule has 1 unspecified atom stereocenters. The van der Waals surface area contributed by atoms with Gasteiger partial charge in [0.25, 0.3) is 0 Å². The zero-order chi connectivity index (χ0) is 20.2. The standard InChI is InChI=1S/C23H29N5O/c1-18-9-10-19(16-24)23(25-18)28-11-5-6-20(17-28)26-12-14-27(15-13-26)21-7-3-4-8-22(21)29-2/h3-4,7-10,20H,5-6,11-15,17H2,1-2H3. The van der Waals surface area contributed by atoms with Crippen LogP contribution >= 0.6 is 0 Å². The fourth-order valence-electron chi connectivity index (χ4n) is 4.54. The summed E-state index contributed by atoms with van der Waals surface area (Å²) in [6.45, 7) is 8.00. The Morgan fingerprint density at radius 1 is 1.03 bits per heavy atom. The molecule has 0 spiro atoms. The van der Waals surface area contributed by atoms with Gasteiger partial charge in [-0.25, -0.2) is 4.98 Å². The summed E-state index contributed by atoms with van der Waals surface area (Å²) in [4.78, 5) is 12.0. The number of aryl methyl sites for hydroxylation is 1. The SMILES string of the molecule is COc1ccccc1N1CCN(C2CCCN(c3nc(C)ccc3C#N)C2)CC1. The molecule has 0 bridgehead atoms. The number of para-hydroxylation sites is 2. The van der Waals surface area contributed by atoms with Crippen LogP contribution in [0.25, 0.3) is 0 Å². The predicted octanol–water partition coefficient (Wildman–Crippen LogP) is 3.06. The van der Waals surface area contributed by atoms with E-state index in [1.807, 2.05) is 31.2 Å². The Labute approximate surface area is 173 Å². The highest BCUT2D eigenvalue weighted by atomic mass is 16.5. The third-order valence-electron chi connectivity index (χ3n) is 6.09. The van der Waals surface area contributed by atoms with Crippen LogP contribution in [0.4, 0.5) is 11.5 Å². The largest absolute Gasteiger partial charge is 0.495 e. The van der Waals surface area contributed by atoms with E-state index in [4.69, 9.17) is 4.74 Å². The number of piperazine rings is 1. The minimum atomic E-state index is 0.512. The van der Waals surface area contributed by atoms with Crippen LogP contribution in [0.2, 0.25) is 0 Å². The van der Waals surface area contributed by atoms with E-state index >= 15 is 0 Å². The number of nitrogens with zero attached hydrogens (tertiary/aromatic N) is 5. The first-order valence-corrected chi connectivity index (χ1v) is 10.4. The molecule has 6 nitrogen and oxygen atoms in total. The van der Waals surface area contributed by atoms with Gasteiger partial charge in [-0.1, -0.05) is 12.1 Å². The van der Waals surface area contributed by atoms with Gasteiger partial charge < -0.3 is 14.5 Å². The molecule has 0 N–H and O–H groups in total. The molecule has 2 aromatic rings. The Morgan fingerprint density at radius 3 is 2.59 bits per heavy atom. The monoisotopic (exact) mass is 391 g/mol. The van der Waals surface area contributed by atoms with Crippen molar-refractivity contribution in [1.82, 2.24) is 9.88 Å². The summed E-state index contributed by atoms with van der Waals surface area (Å²) in [6.07, 6.45) is 2.34. The summed E-state index contributed by atoms with van der Waals surface area (Å²) in [7, 11) is 1.74. The smallest absolute Gasteiger partial charge is 0.146 e. The van der Waals surface area contributed by atoms with Crippen LogP contribution in [-0.2, 0) is 0 Å². The molecule has 0 aliphatic carbocycles. The lowest BCUT2D eigenvalue weighted by molar-refractivity contribution is 0.166. The number of hydrogen-bond donors (Lipinski definition) is 0. The average Bonchev–Trinajstić information content (AvgIpc) is 2.79. The van der Waals surface area contributed by atoms with Gasteiger partial charge in [0.2, 0.25) is 0 Å². The molecule has 0 amide bonds. The number of piperidine rings is 1. The highest BCUT2D eigenvalue weighted by Crippen LogP contribution is 2.30. The van der Waals surface area contributed by atoms with Crippen molar-refractivity contribution < 1.29 is 4.74 Å². The van der Waals surface area contributed by atoms with Crippen molar-refractivity contribution in [3.8, 4) is 11.8 Å². The highest BCUT2D eigenvalue weighted by molar-refractivity contribution is 5.58. The third kappa shape index (κ3) is 4.15. The highest BCUT2D eigenvalue weighted by Gasteiger charge is 2.30. The molecule has 0 saturated carbocycles. The van der Waals surface area contributed by atoms with Gasteiger partial charge in [-0.3, -0.25) is 4.90 Å². The maximum absolute atomic E-state index is 9.49. The van der Waals surface area contributed by atoms with E-state index in [1.54, 1.807) is 7.11 Å². The number of hydrogen-bond acceptors (Lipinski definition) is 6. The van der Waals surface area contributed by atoms with E-state index in [0.29, 0.717) is 11.6 Å². The molecule has 2 saturated heterocycles. The third-order valence-corrected chi connectivity index (χ3v) is 6.09. The van der Waals surface area contributed by atoms with Crippen LogP contribution < -0.4 is 14.5 Å². The van der Waals surface area contributed by atoms with E-state index in [1.165, 1.54) is 12.1 Å². The Kier molecular flexibility index (Phi) is 5.86. The van der Waals surface area contributed by atoms with E-state index in [2.05, 4.69) is 37.9 Å². The van der Waals surface area contributed by atoms with Crippen LogP contribution in [0.15, 0.2) is 36.4 Å². The second-order valence-electron chi connectivity index (χ2n) is 7.87. The normalized spacial score (nSPS) is 20.4. The molecule has 4 rings (SSSR count). The average molecular weight is 392 g/mol. The van der Waals surface area contributed by atoms with Crippen molar-refractivity contribution in [3.63, 3.8) is 0 Å². The summed E-state index contributed by atoms with van der Waals surface area (Å²) < 4.78 is 5.54. The number of benzene rings is 1. The number of methoxy groups -OCH3 is 1. The van der Waals surface area contributed by atoms with Gasteiger partial charge in [-0.05, 0) is 44.0 Å². The van der Waals surface area contributed by atoms with Crippen molar-refractivity contribution >= 4 is 11.5 Å². The van der Waals surface area contributed by atoms with E-state index in [-0.39, 0.29) is 0 Å². The van der Waals surface area contributed by atoms with Gasteiger partial charge in [0.15, 0.2) is 0 Å². The molecule has 0 radical (unpaired) electrons. The number of nitriles is 1. The molecule has 3 heterocycles. The lowest BCUT2D eigenvalue weighted by atomic mass is 10.0. The van der Waals surface area contributed by atoms with Crippen LogP contribution in [0, 0.1) is 18.3 Å². The van der Waals surface area contributed by atoms with Crippen LogP contribution in [0.5, 0.6) is 5.75 Å². The molecular formula is C23H29N5O. The molecule has 1 aromatic heterocycles. The summed E-state index contributed by atoms with van der Waals surface area (Å²) >= 11 is 0. The van der Waals surface area contributed by atoms with Gasteiger partial charge in [-0.2, -0.15) is 5.26 Å². The molecule has 29 heavy (non-hydrogen) atoms. The lowest BCUT2D eigenvalue weighted by Crippen LogP contribution is -2.55. The van der Waals surface area contributed by atoms with E-state index in [9.17, 15) is 5.26 Å². The maximum atomic E-state index is 9.49. The van der Waals surface area contributed by atoms with Crippen LogP contribution in [0.1, 0.15) is 24.1 Å². The first-order valence-electron chi connectivity index (χ1n) is 10.4. The van der Waals surface area contributed by atoms with Gasteiger partial charge in [-0.15, -0.1) is 0 Å². The molecule has 2 aliphatic heterocycles. The second kappa shape index (κ2) is 8.71. The Hall–Kier alpha value is -2.78. The van der Waals surface area contributed by atoms with E-state index in [0.717, 1.165) is 63.0 Å². The predicted molar refractivity (Wildman–Crippen MR) is 116 cm³/mol. The molecule has 2 aliphatic rings. The van der Waals surface area contributed by atoms with E-state index < -0.39 is 0 Å². The van der Waals surface area contributed by atoms with Crippen molar-refractivity contribution in [2.75, 3.05) is 56.2 Å². The number of aromatic nitrogens is 1. The van der Waals surface area contributed by atoms with Gasteiger partial charge in [0.1, 0.15) is 17.6 Å². The van der Waals surface area contributed by atoms with Gasteiger partial charge >= 0.3 is 0 Å². The quantitative estimate of drug-likeness (QED) is 0.798. The first kappa shape index (κ1) is 19.5. The zero-order valence-electron chi connectivity index (χ0n) is 17.3. The molecule has 152 valence electrons. The Morgan fingerprint density at radius 2 is 1.83 bits per heavy atom. The van der Waals surface area contributed by atoms with Gasteiger partial charge in [0.05, 0.1) is 18.4 Å². The maximum Gasteiger partial charge on any atom is 0.146 e. The van der Waals surface area contributed by atoms with Crippen molar-refractivity contribution in [3.05, 3.63) is 47.7 Å². The number of anilines is 2. The summed E-state index contributed by atoms with van der Waals surface area (Å²) in [5.74, 6) is 1.80. The lowest BCUT2D eigenvalue weighted by Gasteiger charge is -2.44. The first-order chi connectivity index (χ1) is 14.2. The number of pyridine rings is 1. The fraction of sp³-hybridized carbons (Fsp3) is 0.478. The topological polar surface area (TPSA) is 55.6 Å². The van der Waals surface area contributed by atoms with Crippen molar-refractivity contribution in [1.29, 1.82) is 5.26 Å². The number of rotatable bonds is 4. The summed E-state index contributed by atoms with van der Waals surface area (Å²) in [5.41, 5.74) is 2.83. The summed E-state index contributed by atoms with van der Waals surface area (Å²) in [6, 6.07) is 14.9. The molecular weight excluding hydrogens is 362 g/mol. The minimum Gasteiger partial charge on any atom is -0.495 e. The molecule has 2 fully saturated rings. The Balaban J connectivity index is 1.42.